The summed E-state index contributed by atoms with van der Waals surface area (Å²) in [7, 11) is 0. The number of carbonyl (C=O) groups excluding carboxylic acids is 1. The molecule has 3 aromatic rings. The molecule has 1 aliphatic rings. The minimum absolute atomic E-state index is 0.102. The van der Waals surface area contributed by atoms with Gasteiger partial charge in [-0.2, -0.15) is 0 Å². The van der Waals surface area contributed by atoms with Crippen molar-refractivity contribution in [3.05, 3.63) is 57.5 Å². The Hall–Kier alpha value is -1.70. The third-order valence-corrected chi connectivity index (χ3v) is 6.41. The molecule has 146 valence electrons. The van der Waals surface area contributed by atoms with Gasteiger partial charge in [-0.25, -0.2) is 4.98 Å². The zero-order chi connectivity index (χ0) is 19.5. The number of fused-ring (bicyclic) bond motifs is 1. The molecular formula is C20H20Cl2N4OS. The smallest absolute Gasteiger partial charge is 0.238 e. The molecule has 1 N–H and O–H groups in total. The fourth-order valence-corrected chi connectivity index (χ4v) is 4.79. The molecule has 0 unspecified atom stereocenters. The molecule has 2 aromatic carbocycles. The lowest BCUT2D eigenvalue weighted by Crippen LogP contribution is -2.48. The van der Waals surface area contributed by atoms with E-state index in [9.17, 15) is 4.79 Å². The molecule has 1 fully saturated rings. The van der Waals surface area contributed by atoms with Gasteiger partial charge in [0.2, 0.25) is 5.91 Å². The van der Waals surface area contributed by atoms with Gasteiger partial charge in [-0.05, 0) is 24.3 Å². The molecule has 1 aromatic heterocycles. The Kier molecular flexibility index (Phi) is 6.13. The predicted octanol–water partition coefficient (Wildman–Crippen LogP) is 4.36. The molecule has 2 heterocycles. The van der Waals surface area contributed by atoms with E-state index in [1.165, 1.54) is 4.70 Å². The van der Waals surface area contributed by atoms with Crippen LogP contribution in [0.25, 0.3) is 10.2 Å². The normalized spacial score (nSPS) is 15.8. The van der Waals surface area contributed by atoms with Crippen LogP contribution in [0.3, 0.4) is 0 Å². The van der Waals surface area contributed by atoms with Gasteiger partial charge in [0, 0.05) is 26.2 Å². The largest absolute Gasteiger partial charge is 0.322 e. The van der Waals surface area contributed by atoms with Crippen LogP contribution in [-0.2, 0) is 11.3 Å². The number of rotatable bonds is 5. The quantitative estimate of drug-likeness (QED) is 0.647. The van der Waals surface area contributed by atoms with E-state index in [2.05, 4.69) is 27.2 Å². The molecule has 5 nitrogen and oxygen atoms in total. The minimum atomic E-state index is -0.102. The monoisotopic (exact) mass is 434 g/mol. The first kappa shape index (κ1) is 19.6. The lowest BCUT2D eigenvalue weighted by molar-refractivity contribution is -0.117. The van der Waals surface area contributed by atoms with Crippen molar-refractivity contribution >= 4 is 56.3 Å². The standard InChI is InChI=1S/C20H20Cl2N4OS/c21-14-4-3-5-15(22)20(14)24-18(27)12-25-8-10-26(11-9-25)13-19-23-16-6-1-2-7-17(16)28-19/h1-7H,8-13H2,(H,24,27). The second kappa shape index (κ2) is 8.76. The number of aromatic nitrogens is 1. The van der Waals surface area contributed by atoms with Gasteiger partial charge in [-0.1, -0.05) is 41.4 Å². The first-order valence-corrected chi connectivity index (χ1v) is 10.7. The van der Waals surface area contributed by atoms with Crippen molar-refractivity contribution < 1.29 is 4.79 Å². The Morgan fingerprint density at radius 3 is 2.39 bits per heavy atom. The molecule has 0 radical (unpaired) electrons. The number of amides is 1. The summed E-state index contributed by atoms with van der Waals surface area (Å²) < 4.78 is 1.23. The van der Waals surface area contributed by atoms with Crippen LogP contribution in [0, 0.1) is 0 Å². The summed E-state index contributed by atoms with van der Waals surface area (Å²) in [6.07, 6.45) is 0. The molecule has 0 spiro atoms. The van der Waals surface area contributed by atoms with E-state index >= 15 is 0 Å². The molecule has 0 bridgehead atoms. The van der Waals surface area contributed by atoms with Crippen molar-refractivity contribution in [2.45, 2.75) is 6.54 Å². The van der Waals surface area contributed by atoms with Gasteiger partial charge < -0.3 is 5.32 Å². The Morgan fingerprint density at radius 1 is 1.00 bits per heavy atom. The van der Waals surface area contributed by atoms with Gasteiger partial charge in [0.15, 0.2) is 0 Å². The highest BCUT2D eigenvalue weighted by Crippen LogP contribution is 2.29. The van der Waals surface area contributed by atoms with E-state index in [0.29, 0.717) is 22.3 Å². The van der Waals surface area contributed by atoms with Crippen molar-refractivity contribution in [3.8, 4) is 0 Å². The van der Waals surface area contributed by atoms with E-state index in [4.69, 9.17) is 28.2 Å². The molecule has 1 amide bonds. The SMILES string of the molecule is O=C(CN1CCN(Cc2nc3ccccc3s2)CC1)Nc1c(Cl)cccc1Cl. The van der Waals surface area contributed by atoms with Crippen LogP contribution in [0.4, 0.5) is 5.69 Å². The molecule has 4 rings (SSSR count). The number of nitrogens with one attached hydrogen (secondary N) is 1. The number of hydrogen-bond donors (Lipinski definition) is 1. The van der Waals surface area contributed by atoms with Crippen molar-refractivity contribution in [2.24, 2.45) is 0 Å². The van der Waals surface area contributed by atoms with Crippen molar-refractivity contribution in [3.63, 3.8) is 0 Å². The van der Waals surface area contributed by atoms with Crippen LogP contribution in [-0.4, -0.2) is 53.4 Å². The fraction of sp³-hybridized carbons (Fsp3) is 0.300. The van der Waals surface area contributed by atoms with Gasteiger partial charge in [0.25, 0.3) is 0 Å². The lowest BCUT2D eigenvalue weighted by Gasteiger charge is -2.33. The molecule has 1 aliphatic heterocycles. The maximum atomic E-state index is 12.4. The van der Waals surface area contributed by atoms with Gasteiger partial charge >= 0.3 is 0 Å². The van der Waals surface area contributed by atoms with Crippen LogP contribution < -0.4 is 5.32 Å². The van der Waals surface area contributed by atoms with E-state index in [1.54, 1.807) is 29.5 Å². The van der Waals surface area contributed by atoms with E-state index in [0.717, 1.165) is 43.2 Å². The van der Waals surface area contributed by atoms with E-state index < -0.39 is 0 Å². The number of thiazole rings is 1. The fourth-order valence-electron chi connectivity index (χ4n) is 3.28. The topological polar surface area (TPSA) is 48.5 Å². The van der Waals surface area contributed by atoms with Crippen LogP contribution in [0.1, 0.15) is 5.01 Å². The molecule has 8 heteroatoms. The van der Waals surface area contributed by atoms with Crippen LogP contribution >= 0.6 is 34.5 Å². The number of piperazine rings is 1. The summed E-state index contributed by atoms with van der Waals surface area (Å²) in [6.45, 7) is 4.69. The Labute approximate surface area is 177 Å². The molecular weight excluding hydrogens is 415 g/mol. The highest BCUT2D eigenvalue weighted by atomic mass is 35.5. The minimum Gasteiger partial charge on any atom is -0.322 e. The first-order chi connectivity index (χ1) is 13.6. The molecule has 0 saturated carbocycles. The van der Waals surface area contributed by atoms with Crippen molar-refractivity contribution in [1.29, 1.82) is 0 Å². The van der Waals surface area contributed by atoms with E-state index in [-0.39, 0.29) is 5.91 Å². The maximum absolute atomic E-state index is 12.4. The second-order valence-electron chi connectivity index (χ2n) is 6.77. The summed E-state index contributed by atoms with van der Waals surface area (Å²) in [5.41, 5.74) is 1.54. The second-order valence-corrected chi connectivity index (χ2v) is 8.70. The number of anilines is 1. The highest BCUT2D eigenvalue weighted by Gasteiger charge is 2.20. The van der Waals surface area contributed by atoms with Gasteiger partial charge in [-0.3, -0.25) is 14.6 Å². The summed E-state index contributed by atoms with van der Waals surface area (Å²) >= 11 is 14.0. The first-order valence-electron chi connectivity index (χ1n) is 9.11. The van der Waals surface area contributed by atoms with Crippen molar-refractivity contribution in [1.82, 2.24) is 14.8 Å². The number of carbonyl (C=O) groups is 1. The average Bonchev–Trinajstić information content (AvgIpc) is 3.09. The zero-order valence-electron chi connectivity index (χ0n) is 15.2. The van der Waals surface area contributed by atoms with Gasteiger partial charge in [0.05, 0.1) is 39.0 Å². The molecule has 1 saturated heterocycles. The number of halogens is 2. The van der Waals surface area contributed by atoms with Crippen LogP contribution in [0.2, 0.25) is 10.0 Å². The Balaban J connectivity index is 1.27. The van der Waals surface area contributed by atoms with E-state index in [1.807, 2.05) is 12.1 Å². The number of para-hydroxylation sites is 2. The summed E-state index contributed by atoms with van der Waals surface area (Å²) in [6, 6.07) is 13.4. The average molecular weight is 435 g/mol. The molecule has 0 aliphatic carbocycles. The summed E-state index contributed by atoms with van der Waals surface area (Å²) in [5, 5.41) is 4.86. The molecule has 0 atom stereocenters. The molecule has 28 heavy (non-hydrogen) atoms. The van der Waals surface area contributed by atoms with Crippen LogP contribution in [0.5, 0.6) is 0 Å². The lowest BCUT2D eigenvalue weighted by atomic mass is 10.3. The predicted molar refractivity (Wildman–Crippen MR) is 116 cm³/mol. The third kappa shape index (κ3) is 4.64. The Bertz CT molecular complexity index is 932. The zero-order valence-corrected chi connectivity index (χ0v) is 17.5. The van der Waals surface area contributed by atoms with Crippen molar-refractivity contribution in [2.75, 3.05) is 38.0 Å². The highest BCUT2D eigenvalue weighted by molar-refractivity contribution is 7.18. The Morgan fingerprint density at radius 2 is 1.68 bits per heavy atom. The summed E-state index contributed by atoms with van der Waals surface area (Å²) in [5.74, 6) is -0.102. The third-order valence-electron chi connectivity index (χ3n) is 4.76. The van der Waals surface area contributed by atoms with Crippen LogP contribution in [0.15, 0.2) is 42.5 Å². The summed E-state index contributed by atoms with van der Waals surface area (Å²) in [4.78, 5) is 21.6. The maximum Gasteiger partial charge on any atom is 0.238 e. The number of hydrogen-bond acceptors (Lipinski definition) is 5. The van der Waals surface area contributed by atoms with Gasteiger partial charge in [-0.15, -0.1) is 11.3 Å². The number of nitrogens with zero attached hydrogens (tertiary/aromatic N) is 3. The number of benzene rings is 2. The van der Waals surface area contributed by atoms with Gasteiger partial charge in [0.1, 0.15) is 5.01 Å².